The van der Waals surface area contributed by atoms with Crippen LogP contribution >= 0.6 is 0 Å². The first-order chi connectivity index (χ1) is 9.78. The SMILES string of the molecule is COC1CCCN(C(=O)C2CCC3CCCCC3N2)C1. The van der Waals surface area contributed by atoms with Crippen molar-refractivity contribution < 1.29 is 9.53 Å². The van der Waals surface area contributed by atoms with Crippen LogP contribution in [0.2, 0.25) is 0 Å². The van der Waals surface area contributed by atoms with Crippen molar-refractivity contribution in [2.75, 3.05) is 20.2 Å². The van der Waals surface area contributed by atoms with E-state index < -0.39 is 0 Å². The van der Waals surface area contributed by atoms with Crippen molar-refractivity contribution in [1.29, 1.82) is 0 Å². The van der Waals surface area contributed by atoms with Gasteiger partial charge in [-0.1, -0.05) is 12.8 Å². The van der Waals surface area contributed by atoms with Gasteiger partial charge in [-0.2, -0.15) is 0 Å². The second-order valence-corrected chi connectivity index (χ2v) is 6.73. The number of ether oxygens (including phenoxy) is 1. The zero-order chi connectivity index (χ0) is 13.9. The summed E-state index contributed by atoms with van der Waals surface area (Å²) in [5.41, 5.74) is 0. The van der Waals surface area contributed by atoms with E-state index in [4.69, 9.17) is 4.74 Å². The number of rotatable bonds is 2. The van der Waals surface area contributed by atoms with E-state index in [0.29, 0.717) is 11.9 Å². The van der Waals surface area contributed by atoms with Crippen LogP contribution in [0.15, 0.2) is 0 Å². The molecule has 0 aromatic heterocycles. The molecule has 20 heavy (non-hydrogen) atoms. The topological polar surface area (TPSA) is 41.6 Å². The van der Waals surface area contributed by atoms with Crippen LogP contribution in [0.1, 0.15) is 51.4 Å². The first-order valence-electron chi connectivity index (χ1n) is 8.35. The molecule has 4 nitrogen and oxygen atoms in total. The van der Waals surface area contributed by atoms with E-state index in [1.54, 1.807) is 7.11 Å². The fraction of sp³-hybridized carbons (Fsp3) is 0.938. The van der Waals surface area contributed by atoms with Crippen LogP contribution < -0.4 is 5.32 Å². The van der Waals surface area contributed by atoms with Crippen molar-refractivity contribution in [2.45, 2.75) is 69.6 Å². The van der Waals surface area contributed by atoms with E-state index in [1.807, 2.05) is 4.90 Å². The number of nitrogens with one attached hydrogen (secondary N) is 1. The van der Waals surface area contributed by atoms with Gasteiger partial charge in [-0.25, -0.2) is 0 Å². The lowest BCUT2D eigenvalue weighted by Crippen LogP contribution is -2.57. The van der Waals surface area contributed by atoms with E-state index in [9.17, 15) is 4.79 Å². The van der Waals surface area contributed by atoms with Gasteiger partial charge >= 0.3 is 0 Å². The molecule has 3 fully saturated rings. The van der Waals surface area contributed by atoms with Gasteiger partial charge in [0.1, 0.15) is 0 Å². The van der Waals surface area contributed by atoms with Crippen LogP contribution in [0, 0.1) is 5.92 Å². The Bertz CT molecular complexity index is 347. The molecule has 3 rings (SSSR count). The monoisotopic (exact) mass is 280 g/mol. The Morgan fingerprint density at radius 3 is 2.80 bits per heavy atom. The summed E-state index contributed by atoms with van der Waals surface area (Å²) in [6, 6.07) is 0.652. The molecular weight excluding hydrogens is 252 g/mol. The average molecular weight is 280 g/mol. The molecular formula is C16H28N2O2. The highest BCUT2D eigenvalue weighted by atomic mass is 16.5. The van der Waals surface area contributed by atoms with E-state index in [-0.39, 0.29) is 12.1 Å². The highest BCUT2D eigenvalue weighted by Crippen LogP contribution is 2.32. The molecule has 4 heteroatoms. The van der Waals surface area contributed by atoms with E-state index in [2.05, 4.69) is 5.32 Å². The molecule has 2 aliphatic heterocycles. The lowest BCUT2D eigenvalue weighted by atomic mass is 9.77. The summed E-state index contributed by atoms with van der Waals surface area (Å²) in [5.74, 6) is 1.14. The minimum atomic E-state index is 0.0601. The highest BCUT2D eigenvalue weighted by molar-refractivity contribution is 5.82. The van der Waals surface area contributed by atoms with Crippen molar-refractivity contribution in [1.82, 2.24) is 10.2 Å². The summed E-state index contributed by atoms with van der Waals surface area (Å²) in [6.07, 6.45) is 9.96. The normalized spacial score (nSPS) is 38.4. The molecule has 0 bridgehead atoms. The van der Waals surface area contributed by atoms with Crippen LogP contribution in [0.25, 0.3) is 0 Å². The van der Waals surface area contributed by atoms with Gasteiger partial charge in [0.15, 0.2) is 0 Å². The van der Waals surface area contributed by atoms with Gasteiger partial charge < -0.3 is 15.0 Å². The number of fused-ring (bicyclic) bond motifs is 1. The maximum absolute atomic E-state index is 12.7. The molecule has 0 aromatic carbocycles. The zero-order valence-electron chi connectivity index (χ0n) is 12.6. The fourth-order valence-electron chi connectivity index (χ4n) is 4.24. The molecule has 4 atom stereocenters. The van der Waals surface area contributed by atoms with E-state index in [1.165, 1.54) is 32.1 Å². The van der Waals surface area contributed by atoms with Gasteiger partial charge in [-0.05, 0) is 44.4 Å². The Kier molecular flexibility index (Phi) is 4.61. The number of hydrogen-bond acceptors (Lipinski definition) is 3. The van der Waals surface area contributed by atoms with E-state index >= 15 is 0 Å². The molecule has 0 aromatic rings. The highest BCUT2D eigenvalue weighted by Gasteiger charge is 2.36. The Morgan fingerprint density at radius 1 is 1.10 bits per heavy atom. The van der Waals surface area contributed by atoms with Crippen LogP contribution in [0.3, 0.4) is 0 Å². The molecule has 0 radical (unpaired) electrons. The third-order valence-electron chi connectivity index (χ3n) is 5.47. The molecule has 0 spiro atoms. The smallest absolute Gasteiger partial charge is 0.239 e. The molecule has 1 aliphatic carbocycles. The van der Waals surface area contributed by atoms with Gasteiger partial charge in [0.25, 0.3) is 0 Å². The summed E-state index contributed by atoms with van der Waals surface area (Å²) < 4.78 is 5.43. The van der Waals surface area contributed by atoms with Crippen molar-refractivity contribution in [2.24, 2.45) is 5.92 Å². The maximum Gasteiger partial charge on any atom is 0.239 e. The summed E-state index contributed by atoms with van der Waals surface area (Å²) in [4.78, 5) is 14.7. The third-order valence-corrected chi connectivity index (χ3v) is 5.47. The predicted octanol–water partition coefficient (Wildman–Crippen LogP) is 1.93. The minimum Gasteiger partial charge on any atom is -0.380 e. The number of carbonyl (C=O) groups excluding carboxylic acids is 1. The molecule has 114 valence electrons. The molecule has 1 amide bonds. The van der Waals surface area contributed by atoms with Crippen molar-refractivity contribution in [3.05, 3.63) is 0 Å². The average Bonchev–Trinajstić information content (AvgIpc) is 2.53. The number of piperidine rings is 2. The number of methoxy groups -OCH3 is 1. The van der Waals surface area contributed by atoms with E-state index in [0.717, 1.165) is 38.3 Å². The summed E-state index contributed by atoms with van der Waals surface area (Å²) in [6.45, 7) is 1.69. The second kappa shape index (κ2) is 6.44. The van der Waals surface area contributed by atoms with Gasteiger partial charge in [0, 0.05) is 26.2 Å². The first-order valence-corrected chi connectivity index (χ1v) is 8.35. The number of amides is 1. The van der Waals surface area contributed by atoms with Gasteiger partial charge in [-0.15, -0.1) is 0 Å². The van der Waals surface area contributed by atoms with Gasteiger partial charge in [-0.3, -0.25) is 4.79 Å². The van der Waals surface area contributed by atoms with Crippen LogP contribution in [0.5, 0.6) is 0 Å². The van der Waals surface area contributed by atoms with Crippen molar-refractivity contribution in [3.63, 3.8) is 0 Å². The summed E-state index contributed by atoms with van der Waals surface area (Å²) in [7, 11) is 1.75. The van der Waals surface area contributed by atoms with Crippen molar-refractivity contribution >= 4 is 5.91 Å². The quantitative estimate of drug-likeness (QED) is 0.840. The van der Waals surface area contributed by atoms with Crippen molar-refractivity contribution in [3.8, 4) is 0 Å². The number of hydrogen-bond donors (Lipinski definition) is 1. The summed E-state index contributed by atoms with van der Waals surface area (Å²) >= 11 is 0. The number of likely N-dealkylation sites (tertiary alicyclic amines) is 1. The molecule has 1 N–H and O–H groups in total. The molecule has 1 saturated carbocycles. The molecule has 2 heterocycles. The standard InChI is InChI=1S/C16H28N2O2/c1-20-13-6-4-10-18(11-13)16(19)15-9-8-12-5-2-3-7-14(12)17-15/h12-15,17H,2-11H2,1H3. The maximum atomic E-state index is 12.7. The fourth-order valence-corrected chi connectivity index (χ4v) is 4.24. The largest absolute Gasteiger partial charge is 0.380 e. The van der Waals surface area contributed by atoms with Gasteiger partial charge in [0.2, 0.25) is 5.91 Å². The number of nitrogens with zero attached hydrogens (tertiary/aromatic N) is 1. The Hall–Kier alpha value is -0.610. The Labute approximate surface area is 122 Å². The third kappa shape index (κ3) is 3.01. The predicted molar refractivity (Wildman–Crippen MR) is 78.5 cm³/mol. The van der Waals surface area contributed by atoms with Gasteiger partial charge in [0.05, 0.1) is 12.1 Å². The second-order valence-electron chi connectivity index (χ2n) is 6.73. The summed E-state index contributed by atoms with van der Waals surface area (Å²) in [5, 5.41) is 3.65. The minimum absolute atomic E-state index is 0.0601. The molecule has 3 aliphatic rings. The lowest BCUT2D eigenvalue weighted by molar-refractivity contribution is -0.138. The van der Waals surface area contributed by atoms with Crippen LogP contribution in [-0.2, 0) is 9.53 Å². The molecule has 4 unspecified atom stereocenters. The Morgan fingerprint density at radius 2 is 1.95 bits per heavy atom. The number of carbonyl (C=O) groups is 1. The zero-order valence-corrected chi connectivity index (χ0v) is 12.6. The van der Waals surface area contributed by atoms with Crippen LogP contribution in [0.4, 0.5) is 0 Å². The molecule has 2 saturated heterocycles. The van der Waals surface area contributed by atoms with Crippen LogP contribution in [-0.4, -0.2) is 49.2 Å². The first kappa shape index (κ1) is 14.3. The Balaban J connectivity index is 1.57. The lowest BCUT2D eigenvalue weighted by Gasteiger charge is -2.42.